The number of halogens is 1. The molecule has 4 rings (SSSR count). The topological polar surface area (TPSA) is 62.3 Å². The number of hydrogen-bond donors (Lipinski definition) is 0. The molecule has 2 aliphatic heterocycles. The molecule has 0 spiro atoms. The van der Waals surface area contributed by atoms with Gasteiger partial charge in [-0.1, -0.05) is 24.4 Å². The predicted octanol–water partition coefficient (Wildman–Crippen LogP) is 2.28. The summed E-state index contributed by atoms with van der Waals surface area (Å²) in [6.07, 6.45) is 4.65. The minimum absolute atomic E-state index is 0.0143. The van der Waals surface area contributed by atoms with Gasteiger partial charge in [0, 0.05) is 44.3 Å². The van der Waals surface area contributed by atoms with Gasteiger partial charge in [-0.3, -0.25) is 14.5 Å². The largest absolute Gasteiger partial charge is 0.484 e. The molecule has 1 aliphatic carbocycles. The Kier molecular flexibility index (Phi) is 7.69. The minimum Gasteiger partial charge on any atom is -0.484 e. The van der Waals surface area contributed by atoms with Crippen LogP contribution in [0.15, 0.2) is 24.3 Å². The second-order valence-corrected chi connectivity index (χ2v) is 9.02. The summed E-state index contributed by atoms with van der Waals surface area (Å²) in [5, 5.41) is 0.637. The molecular formula is C23H32ClN3O4. The third kappa shape index (κ3) is 5.70. The first kappa shape index (κ1) is 22.4. The third-order valence-corrected chi connectivity index (χ3v) is 6.91. The summed E-state index contributed by atoms with van der Waals surface area (Å²) in [6, 6.07) is 6.94. The van der Waals surface area contributed by atoms with Gasteiger partial charge in [-0.2, -0.15) is 0 Å². The quantitative estimate of drug-likeness (QED) is 0.666. The van der Waals surface area contributed by atoms with Gasteiger partial charge in [0.15, 0.2) is 6.61 Å². The smallest absolute Gasteiger partial charge is 0.260 e. The van der Waals surface area contributed by atoms with E-state index in [1.165, 1.54) is 12.8 Å². The highest BCUT2D eigenvalue weighted by Crippen LogP contribution is 2.32. The summed E-state index contributed by atoms with van der Waals surface area (Å²) in [7, 11) is 0. The molecular weight excluding hydrogens is 418 g/mol. The molecule has 0 radical (unpaired) electrons. The zero-order chi connectivity index (χ0) is 21.6. The Labute approximate surface area is 189 Å². The van der Waals surface area contributed by atoms with Crippen molar-refractivity contribution in [2.45, 2.75) is 31.7 Å². The molecule has 170 valence electrons. The highest BCUT2D eigenvalue weighted by molar-refractivity contribution is 6.30. The number of piperazine rings is 1. The zero-order valence-corrected chi connectivity index (χ0v) is 18.8. The van der Waals surface area contributed by atoms with Crippen molar-refractivity contribution >= 4 is 23.4 Å². The van der Waals surface area contributed by atoms with Crippen LogP contribution in [-0.4, -0.2) is 91.6 Å². The van der Waals surface area contributed by atoms with Crippen molar-refractivity contribution in [3.05, 3.63) is 29.3 Å². The molecule has 0 N–H and O–H groups in total. The van der Waals surface area contributed by atoms with E-state index in [1.807, 2.05) is 9.80 Å². The summed E-state index contributed by atoms with van der Waals surface area (Å²) in [5.74, 6) is 1.28. The molecule has 3 aliphatic rings. The van der Waals surface area contributed by atoms with Crippen LogP contribution in [0.4, 0.5) is 0 Å². The Morgan fingerprint density at radius 1 is 0.968 bits per heavy atom. The minimum atomic E-state index is -0.0665. The van der Waals surface area contributed by atoms with E-state index < -0.39 is 0 Å². The molecule has 0 bridgehead atoms. The van der Waals surface area contributed by atoms with E-state index in [1.54, 1.807) is 24.3 Å². The van der Waals surface area contributed by atoms with Crippen LogP contribution in [0.1, 0.15) is 25.7 Å². The van der Waals surface area contributed by atoms with Crippen LogP contribution in [0.5, 0.6) is 5.75 Å². The Morgan fingerprint density at radius 2 is 1.61 bits per heavy atom. The average Bonchev–Trinajstić information content (AvgIpc) is 3.34. The highest BCUT2D eigenvalue weighted by Gasteiger charge is 2.39. The molecule has 31 heavy (non-hydrogen) atoms. The first-order valence-electron chi connectivity index (χ1n) is 11.4. The standard InChI is InChI=1S/C23H32ClN3O4/c24-19-5-7-20(8-6-19)31-17-21(28)25-9-11-26(12-10-25)22(18-3-1-2-4-18)23(29)27-13-15-30-16-14-27/h5-8,18,22H,1-4,9-17H2. The number of morpholine rings is 1. The molecule has 2 saturated heterocycles. The number of hydrogen-bond acceptors (Lipinski definition) is 5. The average molecular weight is 450 g/mol. The van der Waals surface area contributed by atoms with E-state index in [0.29, 0.717) is 56.1 Å². The maximum Gasteiger partial charge on any atom is 0.260 e. The van der Waals surface area contributed by atoms with E-state index >= 15 is 0 Å². The number of carbonyl (C=O) groups is 2. The van der Waals surface area contributed by atoms with Crippen molar-refractivity contribution in [1.29, 1.82) is 0 Å². The number of rotatable bonds is 6. The normalized spacial score (nSPS) is 21.8. The first-order chi connectivity index (χ1) is 15.1. The van der Waals surface area contributed by atoms with Gasteiger partial charge >= 0.3 is 0 Å². The Hall–Kier alpha value is -1.83. The molecule has 1 aromatic carbocycles. The Bertz CT molecular complexity index is 740. The molecule has 2 amide bonds. The van der Waals surface area contributed by atoms with Gasteiger partial charge in [0.1, 0.15) is 5.75 Å². The lowest BCUT2D eigenvalue weighted by Gasteiger charge is -2.43. The van der Waals surface area contributed by atoms with E-state index in [2.05, 4.69) is 4.90 Å². The third-order valence-electron chi connectivity index (χ3n) is 6.66. The highest BCUT2D eigenvalue weighted by atomic mass is 35.5. The molecule has 1 saturated carbocycles. The maximum atomic E-state index is 13.4. The number of carbonyl (C=O) groups excluding carboxylic acids is 2. The van der Waals surface area contributed by atoms with Gasteiger partial charge in [0.25, 0.3) is 5.91 Å². The fraction of sp³-hybridized carbons (Fsp3) is 0.652. The van der Waals surface area contributed by atoms with E-state index in [4.69, 9.17) is 21.1 Å². The fourth-order valence-electron chi connectivity index (χ4n) is 4.92. The molecule has 1 atom stereocenters. The van der Waals surface area contributed by atoms with Crippen molar-refractivity contribution in [2.75, 3.05) is 59.1 Å². The Morgan fingerprint density at radius 3 is 2.26 bits per heavy atom. The summed E-state index contributed by atoms with van der Waals surface area (Å²) in [5.41, 5.74) is 0. The number of nitrogens with zero attached hydrogens (tertiary/aromatic N) is 3. The second kappa shape index (κ2) is 10.7. The summed E-state index contributed by atoms with van der Waals surface area (Å²) < 4.78 is 11.0. The van der Waals surface area contributed by atoms with Crippen LogP contribution in [0.3, 0.4) is 0 Å². The van der Waals surface area contributed by atoms with Gasteiger partial charge in [-0.05, 0) is 43.0 Å². The van der Waals surface area contributed by atoms with Gasteiger partial charge in [0.2, 0.25) is 5.91 Å². The summed E-state index contributed by atoms with van der Waals surface area (Å²) in [4.78, 5) is 32.2. The lowest BCUT2D eigenvalue weighted by atomic mass is 9.94. The Balaban J connectivity index is 1.31. The molecule has 8 heteroatoms. The van der Waals surface area contributed by atoms with Crippen molar-refractivity contribution in [3.63, 3.8) is 0 Å². The van der Waals surface area contributed by atoms with Crippen LogP contribution in [0, 0.1) is 5.92 Å². The molecule has 2 heterocycles. The zero-order valence-electron chi connectivity index (χ0n) is 18.0. The van der Waals surface area contributed by atoms with Crippen LogP contribution in [-0.2, 0) is 14.3 Å². The predicted molar refractivity (Wildman–Crippen MR) is 118 cm³/mol. The number of benzene rings is 1. The van der Waals surface area contributed by atoms with Crippen molar-refractivity contribution in [3.8, 4) is 5.75 Å². The summed E-state index contributed by atoms with van der Waals surface area (Å²) >= 11 is 5.89. The van der Waals surface area contributed by atoms with E-state index in [-0.39, 0.29) is 24.5 Å². The van der Waals surface area contributed by atoms with E-state index in [9.17, 15) is 9.59 Å². The van der Waals surface area contributed by atoms with Crippen LogP contribution < -0.4 is 4.74 Å². The van der Waals surface area contributed by atoms with Crippen LogP contribution >= 0.6 is 11.6 Å². The lowest BCUT2D eigenvalue weighted by Crippen LogP contribution is -2.59. The lowest BCUT2D eigenvalue weighted by molar-refractivity contribution is -0.145. The van der Waals surface area contributed by atoms with E-state index in [0.717, 1.165) is 25.9 Å². The molecule has 1 aromatic rings. The second-order valence-electron chi connectivity index (χ2n) is 8.59. The van der Waals surface area contributed by atoms with Gasteiger partial charge in [0.05, 0.1) is 19.3 Å². The molecule has 1 unspecified atom stereocenters. The summed E-state index contributed by atoms with van der Waals surface area (Å²) in [6.45, 7) is 5.34. The van der Waals surface area contributed by atoms with Gasteiger partial charge in [-0.15, -0.1) is 0 Å². The van der Waals surface area contributed by atoms with Gasteiger partial charge < -0.3 is 19.3 Å². The van der Waals surface area contributed by atoms with Gasteiger partial charge in [-0.25, -0.2) is 0 Å². The molecule has 7 nitrogen and oxygen atoms in total. The molecule has 0 aromatic heterocycles. The monoisotopic (exact) mass is 449 g/mol. The van der Waals surface area contributed by atoms with Crippen LogP contribution in [0.25, 0.3) is 0 Å². The number of amides is 2. The maximum absolute atomic E-state index is 13.4. The fourth-order valence-corrected chi connectivity index (χ4v) is 5.04. The molecule has 3 fully saturated rings. The van der Waals surface area contributed by atoms with Crippen molar-refractivity contribution in [2.24, 2.45) is 5.92 Å². The van der Waals surface area contributed by atoms with Crippen molar-refractivity contribution < 1.29 is 19.1 Å². The van der Waals surface area contributed by atoms with Crippen molar-refractivity contribution in [1.82, 2.24) is 14.7 Å². The van der Waals surface area contributed by atoms with Crippen LogP contribution in [0.2, 0.25) is 5.02 Å². The number of ether oxygens (including phenoxy) is 2. The first-order valence-corrected chi connectivity index (χ1v) is 11.8. The SMILES string of the molecule is O=C(COc1ccc(Cl)cc1)N1CCN(C(C(=O)N2CCOCC2)C2CCCC2)CC1.